The topological polar surface area (TPSA) is 93.2 Å². The Bertz CT molecular complexity index is 924. The molecule has 2 rings (SSSR count). The summed E-state index contributed by atoms with van der Waals surface area (Å²) in [6.07, 6.45) is -1.35. The first-order valence-corrected chi connectivity index (χ1v) is 8.79. The lowest BCUT2D eigenvalue weighted by Gasteiger charge is -2.17. The molecule has 7 nitrogen and oxygen atoms in total. The zero-order chi connectivity index (χ0) is 22.5. The molecular formula is C19H20F4N4O3. The fourth-order valence-electron chi connectivity index (χ4n) is 2.37. The van der Waals surface area contributed by atoms with Gasteiger partial charge in [0.05, 0.1) is 12.2 Å². The van der Waals surface area contributed by atoms with Crippen molar-refractivity contribution in [1.29, 1.82) is 0 Å². The molecule has 0 aliphatic rings. The second-order valence-electron chi connectivity index (χ2n) is 6.54. The van der Waals surface area contributed by atoms with Gasteiger partial charge in [0.1, 0.15) is 17.3 Å². The van der Waals surface area contributed by atoms with E-state index in [-0.39, 0.29) is 22.9 Å². The number of nitrogens with one attached hydrogen (secondary N) is 2. The van der Waals surface area contributed by atoms with Gasteiger partial charge in [0.25, 0.3) is 5.91 Å². The van der Waals surface area contributed by atoms with Crippen LogP contribution in [0.5, 0.6) is 5.75 Å². The van der Waals surface area contributed by atoms with Crippen LogP contribution in [0, 0.1) is 6.92 Å². The van der Waals surface area contributed by atoms with Gasteiger partial charge in [0, 0.05) is 13.1 Å². The lowest BCUT2D eigenvalue weighted by atomic mass is 10.1. The molecule has 0 bridgehead atoms. The van der Waals surface area contributed by atoms with Gasteiger partial charge in [-0.25, -0.2) is 18.7 Å². The highest BCUT2D eigenvalue weighted by Gasteiger charge is 2.41. The maximum absolute atomic E-state index is 13.0. The standard InChI is InChI=1S/C19H20F4N4O3/c1-10-6-14(25-8-15(10)30-9-19(22,23)18(20)21)17(29)26-11(2)13-4-5-24-16(7-13)27-12(3)28/h4-8,11,18H,9H2,1-3H3,(H,26,29)(H,24,27,28). The summed E-state index contributed by atoms with van der Waals surface area (Å²) in [6.45, 7) is 3.02. The number of anilines is 1. The van der Waals surface area contributed by atoms with Crippen LogP contribution in [0.25, 0.3) is 0 Å². The summed E-state index contributed by atoms with van der Waals surface area (Å²) in [5.41, 5.74) is 0.946. The van der Waals surface area contributed by atoms with Crippen LogP contribution >= 0.6 is 0 Å². The van der Waals surface area contributed by atoms with Crippen molar-refractivity contribution in [3.63, 3.8) is 0 Å². The first kappa shape index (κ1) is 23.0. The third-order valence-corrected chi connectivity index (χ3v) is 3.97. The number of rotatable bonds is 8. The van der Waals surface area contributed by atoms with Gasteiger partial charge in [-0.15, -0.1) is 0 Å². The first-order valence-electron chi connectivity index (χ1n) is 8.79. The minimum atomic E-state index is -4.29. The number of carbonyl (C=O) groups is 2. The predicted octanol–water partition coefficient (Wildman–Crippen LogP) is 3.51. The monoisotopic (exact) mass is 428 g/mol. The molecule has 162 valence electrons. The second kappa shape index (κ2) is 9.51. The number of aromatic nitrogens is 2. The summed E-state index contributed by atoms with van der Waals surface area (Å²) in [4.78, 5) is 31.4. The summed E-state index contributed by atoms with van der Waals surface area (Å²) >= 11 is 0. The van der Waals surface area contributed by atoms with E-state index in [4.69, 9.17) is 4.74 Å². The van der Waals surface area contributed by atoms with Gasteiger partial charge in [-0.3, -0.25) is 9.59 Å². The molecule has 0 radical (unpaired) electrons. The van der Waals surface area contributed by atoms with Gasteiger partial charge in [-0.1, -0.05) is 0 Å². The number of aryl methyl sites for hydroxylation is 1. The average molecular weight is 428 g/mol. The summed E-state index contributed by atoms with van der Waals surface area (Å²) in [7, 11) is 0. The highest BCUT2D eigenvalue weighted by Crippen LogP contribution is 2.26. The normalized spacial score (nSPS) is 12.4. The van der Waals surface area contributed by atoms with Gasteiger partial charge < -0.3 is 15.4 Å². The van der Waals surface area contributed by atoms with Crippen molar-refractivity contribution in [1.82, 2.24) is 15.3 Å². The van der Waals surface area contributed by atoms with Gasteiger partial charge in [0.15, 0.2) is 6.61 Å². The summed E-state index contributed by atoms with van der Waals surface area (Å²) in [5.74, 6) is -4.93. The van der Waals surface area contributed by atoms with Crippen molar-refractivity contribution in [2.75, 3.05) is 11.9 Å². The summed E-state index contributed by atoms with van der Waals surface area (Å²) in [5, 5.41) is 5.25. The van der Waals surface area contributed by atoms with Crippen molar-refractivity contribution < 1.29 is 31.9 Å². The van der Waals surface area contributed by atoms with Gasteiger partial charge >= 0.3 is 12.3 Å². The summed E-state index contributed by atoms with van der Waals surface area (Å²) in [6, 6.07) is 4.10. The van der Waals surface area contributed by atoms with Crippen molar-refractivity contribution in [3.8, 4) is 5.75 Å². The number of pyridine rings is 2. The molecule has 2 N–H and O–H groups in total. The predicted molar refractivity (Wildman–Crippen MR) is 99.8 cm³/mol. The number of hydrogen-bond acceptors (Lipinski definition) is 5. The number of halogens is 4. The minimum Gasteiger partial charge on any atom is -0.485 e. The van der Waals surface area contributed by atoms with E-state index in [1.165, 1.54) is 26.1 Å². The molecule has 0 spiro atoms. The van der Waals surface area contributed by atoms with E-state index in [2.05, 4.69) is 20.6 Å². The Morgan fingerprint density at radius 3 is 2.53 bits per heavy atom. The SMILES string of the molecule is CC(=O)Nc1cc(C(C)NC(=O)c2cc(C)c(OCC(F)(F)C(F)F)cn2)ccn1. The van der Waals surface area contributed by atoms with Crippen LogP contribution in [0.3, 0.4) is 0 Å². The Morgan fingerprint density at radius 1 is 1.23 bits per heavy atom. The van der Waals surface area contributed by atoms with Crippen molar-refractivity contribution in [2.45, 2.75) is 39.2 Å². The minimum absolute atomic E-state index is 0.0107. The third kappa shape index (κ3) is 6.13. The molecule has 0 saturated carbocycles. The van der Waals surface area contributed by atoms with E-state index in [1.54, 1.807) is 19.1 Å². The van der Waals surface area contributed by atoms with Gasteiger partial charge in [0.2, 0.25) is 5.91 Å². The number of alkyl halides is 4. The Morgan fingerprint density at radius 2 is 1.93 bits per heavy atom. The van der Waals surface area contributed by atoms with Crippen LogP contribution < -0.4 is 15.4 Å². The molecule has 2 amide bonds. The van der Waals surface area contributed by atoms with Gasteiger partial charge in [-0.05, 0) is 43.2 Å². The molecular weight excluding hydrogens is 408 g/mol. The van der Waals surface area contributed by atoms with Gasteiger partial charge in [-0.2, -0.15) is 8.78 Å². The maximum Gasteiger partial charge on any atom is 0.340 e. The maximum atomic E-state index is 13.0. The van der Waals surface area contributed by atoms with Crippen LogP contribution in [0.4, 0.5) is 23.4 Å². The molecule has 30 heavy (non-hydrogen) atoms. The lowest BCUT2D eigenvalue weighted by Crippen LogP contribution is -2.34. The van der Waals surface area contributed by atoms with Crippen LogP contribution in [-0.2, 0) is 4.79 Å². The molecule has 0 saturated heterocycles. The number of amides is 2. The smallest absolute Gasteiger partial charge is 0.340 e. The zero-order valence-corrected chi connectivity index (χ0v) is 16.4. The molecule has 11 heteroatoms. The van der Waals surface area contributed by atoms with E-state index in [1.807, 2.05) is 0 Å². The van der Waals surface area contributed by atoms with E-state index in [0.29, 0.717) is 11.4 Å². The number of ether oxygens (including phenoxy) is 1. The zero-order valence-electron chi connectivity index (χ0n) is 16.4. The number of carbonyl (C=O) groups excluding carboxylic acids is 2. The Kier molecular flexibility index (Phi) is 7.30. The Hall–Kier alpha value is -3.24. The fourth-order valence-corrected chi connectivity index (χ4v) is 2.37. The molecule has 0 aromatic carbocycles. The molecule has 2 aromatic heterocycles. The Balaban J connectivity index is 2.05. The van der Waals surface area contributed by atoms with Crippen molar-refractivity contribution >= 4 is 17.6 Å². The van der Waals surface area contributed by atoms with Crippen molar-refractivity contribution in [2.24, 2.45) is 0 Å². The quantitative estimate of drug-likeness (QED) is 0.628. The van der Waals surface area contributed by atoms with Crippen molar-refractivity contribution in [3.05, 3.63) is 47.4 Å². The lowest BCUT2D eigenvalue weighted by molar-refractivity contribution is -0.148. The third-order valence-electron chi connectivity index (χ3n) is 3.97. The highest BCUT2D eigenvalue weighted by atomic mass is 19.3. The number of nitrogens with zero attached hydrogens (tertiary/aromatic N) is 2. The number of hydrogen-bond donors (Lipinski definition) is 2. The average Bonchev–Trinajstić information content (AvgIpc) is 2.66. The van der Waals surface area contributed by atoms with E-state index in [0.717, 1.165) is 6.20 Å². The van der Waals surface area contributed by atoms with E-state index >= 15 is 0 Å². The first-order chi connectivity index (χ1) is 14.0. The molecule has 1 atom stereocenters. The van der Waals surface area contributed by atoms with Crippen LogP contribution in [0.1, 0.15) is 41.5 Å². The molecule has 0 aliphatic carbocycles. The molecule has 2 heterocycles. The van der Waals surface area contributed by atoms with Crippen LogP contribution in [0.15, 0.2) is 30.6 Å². The van der Waals surface area contributed by atoms with E-state index in [9.17, 15) is 27.2 Å². The fraction of sp³-hybridized carbons (Fsp3) is 0.368. The van der Waals surface area contributed by atoms with Crippen LogP contribution in [-0.4, -0.2) is 40.7 Å². The van der Waals surface area contributed by atoms with Crippen LogP contribution in [0.2, 0.25) is 0 Å². The molecule has 0 fully saturated rings. The largest absolute Gasteiger partial charge is 0.485 e. The highest BCUT2D eigenvalue weighted by molar-refractivity contribution is 5.93. The molecule has 0 aliphatic heterocycles. The molecule has 2 aromatic rings. The summed E-state index contributed by atoms with van der Waals surface area (Å²) < 4.78 is 55.1. The Labute approximate surface area is 169 Å². The van der Waals surface area contributed by atoms with E-state index < -0.39 is 30.9 Å². The molecule has 1 unspecified atom stereocenters. The second-order valence-corrected chi connectivity index (χ2v) is 6.54.